The molecule has 2 aliphatic rings. The van der Waals surface area contributed by atoms with E-state index in [-0.39, 0.29) is 30.4 Å². The number of hydrogen-bond donors (Lipinski definition) is 1. The molecule has 144 valence electrons. The molecule has 1 saturated heterocycles. The summed E-state index contributed by atoms with van der Waals surface area (Å²) in [4.78, 5) is 39.0. The number of methoxy groups -OCH3 is 1. The molecule has 1 N–H and O–H groups in total. The quantitative estimate of drug-likeness (QED) is 0.807. The molecule has 3 amide bonds. The van der Waals surface area contributed by atoms with Crippen molar-refractivity contribution in [3.63, 3.8) is 0 Å². The Balaban J connectivity index is 1.52. The summed E-state index contributed by atoms with van der Waals surface area (Å²) in [6.07, 6.45) is 1.68. The van der Waals surface area contributed by atoms with Crippen LogP contribution in [-0.2, 0) is 4.74 Å². The Hall–Kier alpha value is -3.19. The van der Waals surface area contributed by atoms with E-state index in [4.69, 9.17) is 9.47 Å². The minimum Gasteiger partial charge on any atom is -0.497 e. The Bertz CT molecular complexity index is 950. The third-order valence-electron chi connectivity index (χ3n) is 4.97. The number of imide groups is 1. The number of anilines is 1. The second kappa shape index (κ2) is 7.44. The van der Waals surface area contributed by atoms with Gasteiger partial charge in [-0.1, -0.05) is 6.07 Å². The van der Waals surface area contributed by atoms with Crippen molar-refractivity contribution in [1.82, 2.24) is 4.90 Å². The Morgan fingerprint density at radius 3 is 2.75 bits per heavy atom. The van der Waals surface area contributed by atoms with E-state index >= 15 is 0 Å². The SMILES string of the molecule is COc1cccc(C(=O)Nc2ccc3c(c2)C(=O)N(C[C@H]2CCCO2)C3=O)c1. The average Bonchev–Trinajstić information content (AvgIpc) is 3.31. The van der Waals surface area contributed by atoms with E-state index in [9.17, 15) is 14.4 Å². The summed E-state index contributed by atoms with van der Waals surface area (Å²) in [5.41, 5.74) is 1.53. The highest BCUT2D eigenvalue weighted by Crippen LogP contribution is 2.28. The van der Waals surface area contributed by atoms with Crippen molar-refractivity contribution < 1.29 is 23.9 Å². The molecular formula is C21H20N2O5. The summed E-state index contributed by atoms with van der Waals surface area (Å²) in [5, 5.41) is 2.76. The van der Waals surface area contributed by atoms with Gasteiger partial charge in [-0.15, -0.1) is 0 Å². The van der Waals surface area contributed by atoms with Crippen LogP contribution >= 0.6 is 0 Å². The van der Waals surface area contributed by atoms with Gasteiger partial charge in [-0.2, -0.15) is 0 Å². The number of carbonyl (C=O) groups is 3. The largest absolute Gasteiger partial charge is 0.497 e. The first-order valence-corrected chi connectivity index (χ1v) is 9.14. The summed E-state index contributed by atoms with van der Waals surface area (Å²) in [6.45, 7) is 0.923. The molecule has 7 nitrogen and oxygen atoms in total. The molecule has 28 heavy (non-hydrogen) atoms. The van der Waals surface area contributed by atoms with Gasteiger partial charge in [-0.05, 0) is 49.2 Å². The molecule has 0 aromatic heterocycles. The standard InChI is InChI=1S/C21H20N2O5/c1-27-15-5-2-4-13(10-15)19(24)22-14-7-8-17-18(11-14)21(26)23(20(17)25)12-16-6-3-9-28-16/h2,4-5,7-8,10-11,16H,3,6,9,12H2,1H3,(H,22,24)/t16-/m1/s1. The maximum absolute atomic E-state index is 12.7. The summed E-state index contributed by atoms with van der Waals surface area (Å²) < 4.78 is 10.7. The van der Waals surface area contributed by atoms with Crippen molar-refractivity contribution in [3.05, 3.63) is 59.2 Å². The number of benzene rings is 2. The van der Waals surface area contributed by atoms with E-state index in [1.54, 1.807) is 42.5 Å². The minimum absolute atomic E-state index is 0.102. The van der Waals surface area contributed by atoms with Crippen molar-refractivity contribution >= 4 is 23.4 Å². The fraction of sp³-hybridized carbons (Fsp3) is 0.286. The average molecular weight is 380 g/mol. The Kier molecular flexibility index (Phi) is 4.83. The maximum Gasteiger partial charge on any atom is 0.261 e. The summed E-state index contributed by atoms with van der Waals surface area (Å²) in [6, 6.07) is 11.5. The zero-order chi connectivity index (χ0) is 19.7. The van der Waals surface area contributed by atoms with Gasteiger partial charge in [0.15, 0.2) is 0 Å². The van der Waals surface area contributed by atoms with Gasteiger partial charge in [-0.3, -0.25) is 19.3 Å². The highest BCUT2D eigenvalue weighted by Gasteiger charge is 2.37. The van der Waals surface area contributed by atoms with E-state index in [0.29, 0.717) is 34.7 Å². The van der Waals surface area contributed by atoms with Gasteiger partial charge < -0.3 is 14.8 Å². The third-order valence-corrected chi connectivity index (χ3v) is 4.97. The number of nitrogens with zero attached hydrogens (tertiary/aromatic N) is 1. The predicted octanol–water partition coefficient (Wildman–Crippen LogP) is 2.72. The fourth-order valence-electron chi connectivity index (χ4n) is 3.49. The van der Waals surface area contributed by atoms with E-state index in [0.717, 1.165) is 12.8 Å². The third kappa shape index (κ3) is 3.36. The number of carbonyl (C=O) groups excluding carboxylic acids is 3. The second-order valence-electron chi connectivity index (χ2n) is 6.80. The van der Waals surface area contributed by atoms with E-state index in [2.05, 4.69) is 5.32 Å². The van der Waals surface area contributed by atoms with E-state index in [1.165, 1.54) is 12.0 Å². The maximum atomic E-state index is 12.7. The van der Waals surface area contributed by atoms with Crippen LogP contribution in [0.4, 0.5) is 5.69 Å². The van der Waals surface area contributed by atoms with Gasteiger partial charge in [0.25, 0.3) is 17.7 Å². The molecule has 7 heteroatoms. The van der Waals surface area contributed by atoms with Crippen LogP contribution < -0.4 is 10.1 Å². The smallest absolute Gasteiger partial charge is 0.261 e. The van der Waals surface area contributed by atoms with Crippen molar-refractivity contribution in [2.75, 3.05) is 25.6 Å². The molecule has 1 atom stereocenters. The number of ether oxygens (including phenoxy) is 2. The van der Waals surface area contributed by atoms with Gasteiger partial charge in [0.1, 0.15) is 5.75 Å². The van der Waals surface area contributed by atoms with Crippen LogP contribution in [0, 0.1) is 0 Å². The van der Waals surface area contributed by atoms with Crippen LogP contribution in [0.3, 0.4) is 0 Å². The van der Waals surface area contributed by atoms with E-state index in [1.807, 2.05) is 0 Å². The number of fused-ring (bicyclic) bond motifs is 1. The number of rotatable bonds is 5. The molecule has 2 heterocycles. The van der Waals surface area contributed by atoms with E-state index < -0.39 is 0 Å². The molecule has 2 aromatic carbocycles. The molecule has 0 spiro atoms. The van der Waals surface area contributed by atoms with Crippen LogP contribution in [0.5, 0.6) is 5.75 Å². The second-order valence-corrected chi connectivity index (χ2v) is 6.80. The summed E-state index contributed by atoms with van der Waals surface area (Å²) in [7, 11) is 1.53. The molecule has 0 bridgehead atoms. The molecule has 4 rings (SSSR count). The molecular weight excluding hydrogens is 360 g/mol. The number of amides is 3. The van der Waals surface area contributed by atoms with Crippen molar-refractivity contribution in [2.45, 2.75) is 18.9 Å². The van der Waals surface area contributed by atoms with Gasteiger partial charge in [0.2, 0.25) is 0 Å². The van der Waals surface area contributed by atoms with Crippen LogP contribution in [-0.4, -0.2) is 49.0 Å². The number of nitrogens with one attached hydrogen (secondary N) is 1. The van der Waals surface area contributed by atoms with Gasteiger partial charge in [0.05, 0.1) is 30.9 Å². The first-order valence-electron chi connectivity index (χ1n) is 9.14. The molecule has 0 aliphatic carbocycles. The summed E-state index contributed by atoms with van der Waals surface area (Å²) >= 11 is 0. The lowest BCUT2D eigenvalue weighted by Gasteiger charge is -2.17. The van der Waals surface area contributed by atoms with Gasteiger partial charge in [-0.25, -0.2) is 0 Å². The van der Waals surface area contributed by atoms with Crippen LogP contribution in [0.2, 0.25) is 0 Å². The summed E-state index contributed by atoms with van der Waals surface area (Å²) in [5.74, 6) is -0.423. The molecule has 0 radical (unpaired) electrons. The molecule has 0 saturated carbocycles. The van der Waals surface area contributed by atoms with Crippen LogP contribution in [0.25, 0.3) is 0 Å². The molecule has 2 aromatic rings. The lowest BCUT2D eigenvalue weighted by atomic mass is 10.1. The fourth-order valence-corrected chi connectivity index (χ4v) is 3.49. The van der Waals surface area contributed by atoms with Gasteiger partial charge >= 0.3 is 0 Å². The van der Waals surface area contributed by atoms with Crippen LogP contribution in [0.15, 0.2) is 42.5 Å². The zero-order valence-corrected chi connectivity index (χ0v) is 15.4. The monoisotopic (exact) mass is 380 g/mol. The highest BCUT2D eigenvalue weighted by atomic mass is 16.5. The predicted molar refractivity (Wildman–Crippen MR) is 102 cm³/mol. The first kappa shape index (κ1) is 18.2. The molecule has 2 aliphatic heterocycles. The Morgan fingerprint density at radius 1 is 1.18 bits per heavy atom. The van der Waals surface area contributed by atoms with Crippen LogP contribution in [0.1, 0.15) is 43.9 Å². The van der Waals surface area contributed by atoms with Gasteiger partial charge in [0, 0.05) is 17.9 Å². The van der Waals surface area contributed by atoms with Crippen molar-refractivity contribution in [1.29, 1.82) is 0 Å². The van der Waals surface area contributed by atoms with Crippen molar-refractivity contribution in [3.8, 4) is 5.75 Å². The highest BCUT2D eigenvalue weighted by molar-refractivity contribution is 6.22. The zero-order valence-electron chi connectivity index (χ0n) is 15.4. The minimum atomic E-state index is -0.354. The van der Waals surface area contributed by atoms with Crippen molar-refractivity contribution in [2.24, 2.45) is 0 Å². The first-order chi connectivity index (χ1) is 13.6. The Labute approximate surface area is 162 Å². The lowest BCUT2D eigenvalue weighted by molar-refractivity contribution is 0.0475. The molecule has 0 unspecified atom stereocenters. The number of hydrogen-bond acceptors (Lipinski definition) is 5. The Morgan fingerprint density at radius 2 is 2.00 bits per heavy atom. The molecule has 1 fully saturated rings. The normalized spacial score (nSPS) is 18.3. The topological polar surface area (TPSA) is 84.9 Å². The lowest BCUT2D eigenvalue weighted by Crippen LogP contribution is -2.36.